The molecule has 0 radical (unpaired) electrons. The van der Waals surface area contributed by atoms with Crippen LogP contribution >= 0.6 is 0 Å². The molecule has 0 aliphatic rings. The Morgan fingerprint density at radius 1 is 1.20 bits per heavy atom. The Kier molecular flexibility index (Phi) is 4.65. The van der Waals surface area contributed by atoms with Crippen LogP contribution in [0.1, 0.15) is 30.5 Å². The van der Waals surface area contributed by atoms with E-state index in [0.29, 0.717) is 6.54 Å². The largest absolute Gasteiger partial charge is 0.329 e. The van der Waals surface area contributed by atoms with E-state index in [0.717, 1.165) is 12.1 Å². The SMILES string of the molecule is CCNC(CN)c1ccc(C(F)F)cc1. The first-order valence-electron chi connectivity index (χ1n) is 5.00. The second-order valence-electron chi connectivity index (χ2n) is 3.31. The van der Waals surface area contributed by atoms with Crippen LogP contribution in [0.25, 0.3) is 0 Å². The average molecular weight is 214 g/mol. The maximum Gasteiger partial charge on any atom is 0.263 e. The summed E-state index contributed by atoms with van der Waals surface area (Å²) in [7, 11) is 0. The summed E-state index contributed by atoms with van der Waals surface area (Å²) in [4.78, 5) is 0. The van der Waals surface area contributed by atoms with E-state index in [2.05, 4.69) is 5.32 Å². The van der Waals surface area contributed by atoms with Crippen LogP contribution in [0.15, 0.2) is 24.3 Å². The summed E-state index contributed by atoms with van der Waals surface area (Å²) in [5.74, 6) is 0. The molecule has 0 fully saturated rings. The van der Waals surface area contributed by atoms with Gasteiger partial charge in [-0.1, -0.05) is 31.2 Å². The molecule has 0 amide bonds. The zero-order valence-electron chi connectivity index (χ0n) is 8.71. The first-order chi connectivity index (χ1) is 7.19. The summed E-state index contributed by atoms with van der Waals surface area (Å²) >= 11 is 0. The van der Waals surface area contributed by atoms with Gasteiger partial charge in [0, 0.05) is 18.2 Å². The molecule has 2 nitrogen and oxygen atoms in total. The number of rotatable bonds is 5. The number of nitrogens with two attached hydrogens (primary N) is 1. The standard InChI is InChI=1S/C11H16F2N2/c1-2-15-10(7-14)8-3-5-9(6-4-8)11(12)13/h3-6,10-11,15H,2,7,14H2,1H3. The fourth-order valence-corrected chi connectivity index (χ4v) is 1.46. The van der Waals surface area contributed by atoms with Crippen LogP contribution in [0.2, 0.25) is 0 Å². The molecule has 1 rings (SSSR count). The molecule has 0 aliphatic heterocycles. The number of nitrogens with one attached hydrogen (secondary N) is 1. The fraction of sp³-hybridized carbons (Fsp3) is 0.455. The summed E-state index contributed by atoms with van der Waals surface area (Å²) in [5.41, 5.74) is 6.57. The Bertz CT molecular complexity index is 285. The van der Waals surface area contributed by atoms with Crippen LogP contribution in [0, 0.1) is 0 Å². The predicted octanol–water partition coefficient (Wildman–Crippen LogP) is 2.23. The Balaban J connectivity index is 2.77. The number of alkyl halides is 2. The summed E-state index contributed by atoms with van der Waals surface area (Å²) in [5, 5.41) is 3.18. The molecule has 0 aromatic heterocycles. The monoisotopic (exact) mass is 214 g/mol. The highest BCUT2D eigenvalue weighted by atomic mass is 19.3. The number of halogens is 2. The summed E-state index contributed by atoms with van der Waals surface area (Å²) in [6.45, 7) is 3.25. The predicted molar refractivity (Wildman–Crippen MR) is 56.9 cm³/mol. The molecule has 3 N–H and O–H groups in total. The topological polar surface area (TPSA) is 38.0 Å². The Morgan fingerprint density at radius 2 is 1.73 bits per heavy atom. The quantitative estimate of drug-likeness (QED) is 0.788. The highest BCUT2D eigenvalue weighted by molar-refractivity contribution is 5.25. The maximum atomic E-state index is 12.3. The lowest BCUT2D eigenvalue weighted by Gasteiger charge is -2.16. The molecule has 0 bridgehead atoms. The zero-order valence-corrected chi connectivity index (χ0v) is 8.71. The minimum atomic E-state index is -2.41. The van der Waals surface area contributed by atoms with Crippen LogP contribution in [0.4, 0.5) is 8.78 Å². The molecular formula is C11H16F2N2. The van der Waals surface area contributed by atoms with Gasteiger partial charge in [-0.3, -0.25) is 0 Å². The van der Waals surface area contributed by atoms with E-state index in [9.17, 15) is 8.78 Å². The van der Waals surface area contributed by atoms with Crippen LogP contribution in [0.5, 0.6) is 0 Å². The molecule has 1 aromatic carbocycles. The molecule has 84 valence electrons. The van der Waals surface area contributed by atoms with Gasteiger partial charge in [-0.05, 0) is 12.1 Å². The van der Waals surface area contributed by atoms with Crippen LogP contribution < -0.4 is 11.1 Å². The Labute approximate surface area is 88.5 Å². The molecule has 4 heteroatoms. The second-order valence-corrected chi connectivity index (χ2v) is 3.31. The molecule has 1 unspecified atom stereocenters. The van der Waals surface area contributed by atoms with Crippen LogP contribution in [-0.2, 0) is 0 Å². The van der Waals surface area contributed by atoms with E-state index >= 15 is 0 Å². The normalized spacial score (nSPS) is 13.1. The number of hydrogen-bond acceptors (Lipinski definition) is 2. The molecule has 0 saturated carbocycles. The molecule has 0 saturated heterocycles. The van der Waals surface area contributed by atoms with Crippen LogP contribution in [-0.4, -0.2) is 13.1 Å². The third kappa shape index (κ3) is 3.25. The van der Waals surface area contributed by atoms with Gasteiger partial charge < -0.3 is 11.1 Å². The van der Waals surface area contributed by atoms with Gasteiger partial charge in [0.25, 0.3) is 6.43 Å². The molecule has 0 aliphatic carbocycles. The van der Waals surface area contributed by atoms with Crippen molar-refractivity contribution in [1.82, 2.24) is 5.32 Å². The van der Waals surface area contributed by atoms with Gasteiger partial charge in [-0.2, -0.15) is 0 Å². The van der Waals surface area contributed by atoms with Crippen molar-refractivity contribution >= 4 is 0 Å². The van der Waals surface area contributed by atoms with Crippen molar-refractivity contribution in [1.29, 1.82) is 0 Å². The second kappa shape index (κ2) is 5.78. The average Bonchev–Trinajstić information content (AvgIpc) is 2.26. The lowest BCUT2D eigenvalue weighted by atomic mass is 10.1. The molecular weight excluding hydrogens is 198 g/mol. The fourth-order valence-electron chi connectivity index (χ4n) is 1.46. The lowest BCUT2D eigenvalue weighted by molar-refractivity contribution is 0.151. The minimum absolute atomic E-state index is 0.0433. The van der Waals surface area contributed by atoms with Gasteiger partial charge in [0.2, 0.25) is 0 Å². The third-order valence-electron chi connectivity index (χ3n) is 2.28. The van der Waals surface area contributed by atoms with Crippen molar-refractivity contribution in [2.45, 2.75) is 19.4 Å². The number of likely N-dealkylation sites (N-methyl/N-ethyl adjacent to an activating group) is 1. The first-order valence-corrected chi connectivity index (χ1v) is 5.00. The van der Waals surface area contributed by atoms with E-state index in [4.69, 9.17) is 5.73 Å². The Morgan fingerprint density at radius 3 is 2.13 bits per heavy atom. The van der Waals surface area contributed by atoms with Crippen molar-refractivity contribution in [2.24, 2.45) is 5.73 Å². The first kappa shape index (κ1) is 12.1. The van der Waals surface area contributed by atoms with E-state index in [1.54, 1.807) is 12.1 Å². The van der Waals surface area contributed by atoms with Crippen molar-refractivity contribution in [3.8, 4) is 0 Å². The summed E-state index contributed by atoms with van der Waals surface area (Å²) in [6, 6.07) is 6.32. The van der Waals surface area contributed by atoms with E-state index in [1.165, 1.54) is 12.1 Å². The van der Waals surface area contributed by atoms with Gasteiger partial charge in [0.05, 0.1) is 0 Å². The molecule has 0 spiro atoms. The Hall–Kier alpha value is -1.00. The number of hydrogen-bond donors (Lipinski definition) is 2. The van der Waals surface area contributed by atoms with Crippen molar-refractivity contribution in [2.75, 3.05) is 13.1 Å². The molecule has 0 heterocycles. The third-order valence-corrected chi connectivity index (χ3v) is 2.28. The molecule has 1 atom stereocenters. The van der Waals surface area contributed by atoms with Gasteiger partial charge in [0.15, 0.2) is 0 Å². The van der Waals surface area contributed by atoms with Gasteiger partial charge in [-0.25, -0.2) is 8.78 Å². The van der Waals surface area contributed by atoms with Gasteiger partial charge in [0.1, 0.15) is 0 Å². The van der Waals surface area contributed by atoms with E-state index in [1.807, 2.05) is 6.92 Å². The van der Waals surface area contributed by atoms with Gasteiger partial charge in [-0.15, -0.1) is 0 Å². The molecule has 1 aromatic rings. The maximum absolute atomic E-state index is 12.3. The number of benzene rings is 1. The highest BCUT2D eigenvalue weighted by Crippen LogP contribution is 2.20. The van der Waals surface area contributed by atoms with Crippen molar-refractivity contribution < 1.29 is 8.78 Å². The van der Waals surface area contributed by atoms with E-state index in [-0.39, 0.29) is 11.6 Å². The highest BCUT2D eigenvalue weighted by Gasteiger charge is 2.10. The summed E-state index contributed by atoms with van der Waals surface area (Å²) in [6.07, 6.45) is -2.41. The van der Waals surface area contributed by atoms with Gasteiger partial charge >= 0.3 is 0 Å². The smallest absolute Gasteiger partial charge is 0.263 e. The summed E-state index contributed by atoms with van der Waals surface area (Å²) < 4.78 is 24.6. The van der Waals surface area contributed by atoms with Crippen molar-refractivity contribution in [3.63, 3.8) is 0 Å². The van der Waals surface area contributed by atoms with E-state index < -0.39 is 6.43 Å². The minimum Gasteiger partial charge on any atom is -0.329 e. The zero-order chi connectivity index (χ0) is 11.3. The molecule has 15 heavy (non-hydrogen) atoms. The lowest BCUT2D eigenvalue weighted by Crippen LogP contribution is -2.27. The van der Waals surface area contributed by atoms with Crippen molar-refractivity contribution in [3.05, 3.63) is 35.4 Å². The van der Waals surface area contributed by atoms with Crippen LogP contribution in [0.3, 0.4) is 0 Å².